The van der Waals surface area contributed by atoms with Crippen molar-refractivity contribution in [1.29, 1.82) is 0 Å². The summed E-state index contributed by atoms with van der Waals surface area (Å²) in [4.78, 5) is 13.2. The Bertz CT molecular complexity index is 949. The van der Waals surface area contributed by atoms with Crippen LogP contribution in [0, 0.1) is 17.5 Å². The third-order valence-corrected chi connectivity index (χ3v) is 4.72. The normalized spacial score (nSPS) is 10.7. The largest absolute Gasteiger partial charge is 0.503 e. The van der Waals surface area contributed by atoms with Crippen LogP contribution in [0.15, 0.2) is 42.5 Å². The van der Waals surface area contributed by atoms with Gasteiger partial charge in [-0.1, -0.05) is 0 Å². The molecule has 3 nitrogen and oxygen atoms in total. The standard InChI is InChI=1S/C18H11F3O3S/c1-24-10-4-2-9(3-5-10)13-6-7-14(25-13)17(22)11-8-12(19)16(21)18(23)15(11)20/h2-8,23H,1H3. The Morgan fingerprint density at radius 2 is 1.72 bits per heavy atom. The van der Waals surface area contributed by atoms with Crippen LogP contribution in [0.5, 0.6) is 11.5 Å². The second-order valence-corrected chi connectivity index (χ2v) is 6.19. The number of thiophene rings is 1. The highest BCUT2D eigenvalue weighted by Gasteiger charge is 2.24. The Balaban J connectivity index is 1.96. The summed E-state index contributed by atoms with van der Waals surface area (Å²) in [7, 11) is 1.54. The van der Waals surface area contributed by atoms with E-state index in [1.807, 2.05) is 0 Å². The van der Waals surface area contributed by atoms with Gasteiger partial charge in [0.15, 0.2) is 17.4 Å². The van der Waals surface area contributed by atoms with Crippen LogP contribution < -0.4 is 4.74 Å². The van der Waals surface area contributed by atoms with Gasteiger partial charge in [0.2, 0.25) is 11.6 Å². The van der Waals surface area contributed by atoms with E-state index in [0.29, 0.717) is 11.8 Å². The fourth-order valence-corrected chi connectivity index (χ4v) is 3.22. The number of ether oxygens (including phenoxy) is 1. The van der Waals surface area contributed by atoms with Gasteiger partial charge >= 0.3 is 0 Å². The lowest BCUT2D eigenvalue weighted by molar-refractivity contribution is 0.103. The molecular weight excluding hydrogens is 353 g/mol. The van der Waals surface area contributed by atoms with Crippen LogP contribution >= 0.6 is 11.3 Å². The molecule has 0 bridgehead atoms. The van der Waals surface area contributed by atoms with Crippen LogP contribution in [0.4, 0.5) is 13.2 Å². The quantitative estimate of drug-likeness (QED) is 0.535. The number of hydrogen-bond acceptors (Lipinski definition) is 4. The predicted octanol–water partition coefficient (Wildman–Crippen LogP) is 4.78. The molecule has 0 atom stereocenters. The Morgan fingerprint density at radius 1 is 1.04 bits per heavy atom. The smallest absolute Gasteiger partial charge is 0.206 e. The van der Waals surface area contributed by atoms with Gasteiger partial charge in [-0.05, 0) is 48.0 Å². The first-order chi connectivity index (χ1) is 11.9. The number of phenolic OH excluding ortho intramolecular Hbond substituents is 1. The van der Waals surface area contributed by atoms with Gasteiger partial charge in [-0.3, -0.25) is 4.79 Å². The summed E-state index contributed by atoms with van der Waals surface area (Å²) in [6.07, 6.45) is 0. The van der Waals surface area contributed by atoms with Gasteiger partial charge in [0.25, 0.3) is 0 Å². The molecule has 128 valence electrons. The molecule has 3 aromatic rings. The van der Waals surface area contributed by atoms with Crippen molar-refractivity contribution in [2.75, 3.05) is 7.11 Å². The summed E-state index contributed by atoms with van der Waals surface area (Å²) in [5, 5.41) is 9.25. The minimum atomic E-state index is -1.72. The number of carbonyl (C=O) groups excluding carboxylic acids is 1. The molecule has 0 amide bonds. The summed E-state index contributed by atoms with van der Waals surface area (Å²) in [5.41, 5.74) is 0.0954. The lowest BCUT2D eigenvalue weighted by Crippen LogP contribution is -2.05. The van der Waals surface area contributed by atoms with Crippen LogP contribution in [0.1, 0.15) is 15.2 Å². The van der Waals surface area contributed by atoms with Crippen molar-refractivity contribution in [2.24, 2.45) is 0 Å². The van der Waals surface area contributed by atoms with Crippen LogP contribution in [0.2, 0.25) is 0 Å². The first kappa shape index (κ1) is 17.0. The van der Waals surface area contributed by atoms with E-state index in [1.54, 1.807) is 37.4 Å². The van der Waals surface area contributed by atoms with Crippen molar-refractivity contribution in [2.45, 2.75) is 0 Å². The number of aromatic hydroxyl groups is 1. The lowest BCUT2D eigenvalue weighted by Gasteiger charge is -2.05. The number of benzene rings is 2. The van der Waals surface area contributed by atoms with E-state index >= 15 is 0 Å². The third kappa shape index (κ3) is 3.10. The van der Waals surface area contributed by atoms with Crippen molar-refractivity contribution in [3.63, 3.8) is 0 Å². The van der Waals surface area contributed by atoms with Crippen molar-refractivity contribution < 1.29 is 27.8 Å². The highest BCUT2D eigenvalue weighted by atomic mass is 32.1. The molecule has 0 saturated carbocycles. The number of rotatable bonds is 4. The SMILES string of the molecule is COc1ccc(-c2ccc(C(=O)c3cc(F)c(F)c(O)c3F)s2)cc1. The second-order valence-electron chi connectivity index (χ2n) is 5.10. The van der Waals surface area contributed by atoms with Crippen LogP contribution in [0.25, 0.3) is 10.4 Å². The number of carbonyl (C=O) groups is 1. The molecule has 0 spiro atoms. The van der Waals surface area contributed by atoms with Gasteiger partial charge in [-0.15, -0.1) is 11.3 Å². The number of hydrogen-bond donors (Lipinski definition) is 1. The van der Waals surface area contributed by atoms with Crippen molar-refractivity contribution in [3.8, 4) is 21.9 Å². The second kappa shape index (κ2) is 6.60. The maximum atomic E-state index is 13.9. The molecule has 7 heteroatoms. The van der Waals surface area contributed by atoms with E-state index in [9.17, 15) is 23.1 Å². The molecule has 0 unspecified atom stereocenters. The average molecular weight is 364 g/mol. The van der Waals surface area contributed by atoms with Crippen LogP contribution in [0.3, 0.4) is 0 Å². The number of ketones is 1. The zero-order valence-corrected chi connectivity index (χ0v) is 13.7. The summed E-state index contributed by atoms with van der Waals surface area (Å²) in [5.74, 6) is -6.36. The molecule has 25 heavy (non-hydrogen) atoms. The van der Waals surface area contributed by atoms with Gasteiger partial charge in [0, 0.05) is 4.88 Å². The van der Waals surface area contributed by atoms with Crippen molar-refractivity contribution >= 4 is 17.1 Å². The maximum absolute atomic E-state index is 13.9. The van der Waals surface area contributed by atoms with Crippen molar-refractivity contribution in [1.82, 2.24) is 0 Å². The number of methoxy groups -OCH3 is 1. The molecular formula is C18H11F3O3S. The Labute approximate surface area is 144 Å². The molecule has 2 aromatic carbocycles. The zero-order chi connectivity index (χ0) is 18.1. The van der Waals surface area contributed by atoms with E-state index in [4.69, 9.17) is 4.74 Å². The lowest BCUT2D eigenvalue weighted by atomic mass is 10.1. The number of phenols is 1. The van der Waals surface area contributed by atoms with E-state index in [-0.39, 0.29) is 4.88 Å². The first-order valence-electron chi connectivity index (χ1n) is 7.07. The molecule has 1 aromatic heterocycles. The topological polar surface area (TPSA) is 46.5 Å². The van der Waals surface area contributed by atoms with E-state index in [0.717, 1.165) is 21.8 Å². The summed E-state index contributed by atoms with van der Waals surface area (Å²) in [6.45, 7) is 0. The maximum Gasteiger partial charge on any atom is 0.206 e. The van der Waals surface area contributed by atoms with E-state index < -0.39 is 34.5 Å². The molecule has 0 aliphatic heterocycles. The van der Waals surface area contributed by atoms with Crippen molar-refractivity contribution in [3.05, 3.63) is 70.4 Å². The third-order valence-electron chi connectivity index (χ3n) is 3.58. The monoisotopic (exact) mass is 364 g/mol. The molecule has 1 N–H and O–H groups in total. The Hall–Kier alpha value is -2.80. The number of halogens is 3. The fourth-order valence-electron chi connectivity index (χ4n) is 2.26. The average Bonchev–Trinajstić information content (AvgIpc) is 3.12. The molecule has 0 radical (unpaired) electrons. The highest BCUT2D eigenvalue weighted by Crippen LogP contribution is 2.33. The van der Waals surface area contributed by atoms with Gasteiger partial charge in [0.05, 0.1) is 17.6 Å². The molecule has 0 fully saturated rings. The van der Waals surface area contributed by atoms with Crippen LogP contribution in [-0.2, 0) is 0 Å². The highest BCUT2D eigenvalue weighted by molar-refractivity contribution is 7.17. The molecule has 0 aliphatic carbocycles. The van der Waals surface area contributed by atoms with Gasteiger partial charge in [-0.25, -0.2) is 8.78 Å². The molecule has 1 heterocycles. The Morgan fingerprint density at radius 3 is 2.36 bits per heavy atom. The molecule has 3 rings (SSSR count). The minimum absolute atomic E-state index is 0.134. The van der Waals surface area contributed by atoms with Gasteiger partial charge in [0.1, 0.15) is 5.75 Å². The van der Waals surface area contributed by atoms with E-state index in [2.05, 4.69) is 0 Å². The summed E-state index contributed by atoms with van der Waals surface area (Å²) in [6, 6.07) is 10.7. The molecule has 0 aliphatic rings. The van der Waals surface area contributed by atoms with E-state index in [1.165, 1.54) is 6.07 Å². The summed E-state index contributed by atoms with van der Waals surface area (Å²) >= 11 is 1.07. The Kier molecular flexibility index (Phi) is 4.50. The fraction of sp³-hybridized carbons (Fsp3) is 0.0556. The summed E-state index contributed by atoms with van der Waals surface area (Å²) < 4.78 is 45.5. The van der Waals surface area contributed by atoms with Gasteiger partial charge in [-0.2, -0.15) is 4.39 Å². The molecule has 0 saturated heterocycles. The first-order valence-corrected chi connectivity index (χ1v) is 7.89. The zero-order valence-electron chi connectivity index (χ0n) is 12.8. The minimum Gasteiger partial charge on any atom is -0.503 e. The van der Waals surface area contributed by atoms with Crippen LogP contribution in [-0.4, -0.2) is 18.0 Å². The van der Waals surface area contributed by atoms with Gasteiger partial charge < -0.3 is 9.84 Å². The predicted molar refractivity (Wildman–Crippen MR) is 87.7 cm³/mol.